The van der Waals surface area contributed by atoms with Crippen LogP contribution in [0.25, 0.3) is 22.8 Å². The van der Waals surface area contributed by atoms with Crippen LogP contribution in [0.4, 0.5) is 0 Å². The Labute approximate surface area is 267 Å². The second-order valence-corrected chi connectivity index (χ2v) is 11.6. The Hall–Kier alpha value is -4.46. The second-order valence-electron chi connectivity index (χ2n) is 11.6. The first-order valence-electron chi connectivity index (χ1n) is 16.3. The van der Waals surface area contributed by atoms with Gasteiger partial charge < -0.3 is 10.6 Å². The molecular formula is C37H46N6O2. The van der Waals surface area contributed by atoms with Crippen molar-refractivity contribution in [2.45, 2.75) is 84.5 Å². The van der Waals surface area contributed by atoms with E-state index in [9.17, 15) is 9.59 Å². The number of amides is 2. The van der Waals surface area contributed by atoms with E-state index < -0.39 is 0 Å². The maximum absolute atomic E-state index is 12.2. The van der Waals surface area contributed by atoms with E-state index in [-0.39, 0.29) is 11.8 Å². The number of hydrogen-bond donors (Lipinski definition) is 2. The highest BCUT2D eigenvalue weighted by atomic mass is 16.2. The van der Waals surface area contributed by atoms with Gasteiger partial charge in [-0.15, -0.1) is 0 Å². The first-order valence-corrected chi connectivity index (χ1v) is 16.3. The highest BCUT2D eigenvalue weighted by molar-refractivity contribution is 5.78. The number of nitrogens with one attached hydrogen (secondary N) is 2. The fraction of sp³-hybridized carbons (Fsp3) is 0.405. The predicted molar refractivity (Wildman–Crippen MR) is 179 cm³/mol. The van der Waals surface area contributed by atoms with Crippen molar-refractivity contribution in [3.63, 3.8) is 0 Å². The number of nitrogens with zero attached hydrogens (tertiary/aromatic N) is 4. The van der Waals surface area contributed by atoms with Crippen LogP contribution in [0.2, 0.25) is 0 Å². The molecule has 0 radical (unpaired) electrons. The SMILES string of the molecule is CCCc1ccnc(-c2cc(CCCCNC(=O)CCCC(=O)NCCCCc3ccnc(-c4cc(C)ccn4)c3)ccn2)c1. The van der Waals surface area contributed by atoms with Crippen LogP contribution in [0.3, 0.4) is 0 Å². The van der Waals surface area contributed by atoms with E-state index in [1.165, 1.54) is 16.7 Å². The van der Waals surface area contributed by atoms with E-state index in [1.807, 2.05) is 56.0 Å². The van der Waals surface area contributed by atoms with E-state index in [4.69, 9.17) is 0 Å². The standard InChI is InChI=1S/C37H46N6O2/c1-3-9-29-15-21-40-34(25-29)35-27-31(17-23-41-35)11-5-7-19-43-37(45)13-8-12-36(44)42-18-6-4-10-30-16-22-39-33(26-30)32-24-28(2)14-20-38-32/h14-17,20-27H,3-13,18-19H2,1-2H3,(H,42,44)(H,43,45). The molecular weight excluding hydrogens is 560 g/mol. The zero-order chi connectivity index (χ0) is 31.7. The van der Waals surface area contributed by atoms with Gasteiger partial charge in [0.15, 0.2) is 0 Å². The van der Waals surface area contributed by atoms with E-state index in [0.29, 0.717) is 32.4 Å². The summed E-state index contributed by atoms with van der Waals surface area (Å²) in [6.45, 7) is 5.51. The highest BCUT2D eigenvalue weighted by Crippen LogP contribution is 2.19. The molecule has 2 amide bonds. The first kappa shape index (κ1) is 33.4. The van der Waals surface area contributed by atoms with Crippen LogP contribution < -0.4 is 10.6 Å². The maximum atomic E-state index is 12.2. The number of aryl methyl sites for hydroxylation is 4. The molecule has 45 heavy (non-hydrogen) atoms. The van der Waals surface area contributed by atoms with Gasteiger partial charge in [0, 0.05) is 50.7 Å². The van der Waals surface area contributed by atoms with Gasteiger partial charge in [0.2, 0.25) is 11.8 Å². The van der Waals surface area contributed by atoms with Crippen molar-refractivity contribution in [3.8, 4) is 22.8 Å². The van der Waals surface area contributed by atoms with Crippen molar-refractivity contribution < 1.29 is 9.59 Å². The minimum absolute atomic E-state index is 0.00327. The third-order valence-corrected chi connectivity index (χ3v) is 7.69. The summed E-state index contributed by atoms with van der Waals surface area (Å²) >= 11 is 0. The van der Waals surface area contributed by atoms with Crippen LogP contribution >= 0.6 is 0 Å². The zero-order valence-electron chi connectivity index (χ0n) is 26.7. The summed E-state index contributed by atoms with van der Waals surface area (Å²) < 4.78 is 0. The molecule has 8 heteroatoms. The summed E-state index contributed by atoms with van der Waals surface area (Å²) in [7, 11) is 0. The van der Waals surface area contributed by atoms with E-state index in [2.05, 4.69) is 61.8 Å². The smallest absolute Gasteiger partial charge is 0.220 e. The molecule has 0 saturated carbocycles. The minimum Gasteiger partial charge on any atom is -0.356 e. The Morgan fingerprint density at radius 2 is 0.978 bits per heavy atom. The molecule has 4 aromatic heterocycles. The molecule has 0 spiro atoms. The molecule has 2 N–H and O–H groups in total. The summed E-state index contributed by atoms with van der Waals surface area (Å²) in [6, 6.07) is 16.5. The normalized spacial score (nSPS) is 10.9. The van der Waals surface area contributed by atoms with Gasteiger partial charge in [-0.25, -0.2) is 0 Å². The molecule has 0 bridgehead atoms. The largest absolute Gasteiger partial charge is 0.356 e. The molecule has 0 aromatic carbocycles. The number of carbonyl (C=O) groups excluding carboxylic acids is 2. The lowest BCUT2D eigenvalue weighted by molar-refractivity contribution is -0.122. The average molecular weight is 607 g/mol. The Bertz CT molecular complexity index is 1520. The van der Waals surface area contributed by atoms with Crippen LogP contribution in [-0.4, -0.2) is 44.8 Å². The minimum atomic E-state index is 0.00327. The molecule has 0 aliphatic rings. The lowest BCUT2D eigenvalue weighted by Crippen LogP contribution is -2.26. The summed E-state index contributed by atoms with van der Waals surface area (Å²) in [4.78, 5) is 42.4. The van der Waals surface area contributed by atoms with Gasteiger partial charge in [0.05, 0.1) is 22.8 Å². The van der Waals surface area contributed by atoms with Crippen molar-refractivity contribution in [3.05, 3.63) is 95.6 Å². The molecule has 236 valence electrons. The summed E-state index contributed by atoms with van der Waals surface area (Å²) in [5.41, 5.74) is 8.47. The molecule has 0 fully saturated rings. The third-order valence-electron chi connectivity index (χ3n) is 7.69. The van der Waals surface area contributed by atoms with Gasteiger partial charge in [0.25, 0.3) is 0 Å². The molecule has 4 heterocycles. The first-order chi connectivity index (χ1) is 22.0. The lowest BCUT2D eigenvalue weighted by atomic mass is 10.1. The van der Waals surface area contributed by atoms with E-state index in [0.717, 1.165) is 79.7 Å². The van der Waals surface area contributed by atoms with Gasteiger partial charge in [-0.3, -0.25) is 29.5 Å². The molecule has 0 atom stereocenters. The van der Waals surface area contributed by atoms with Gasteiger partial charge in [-0.1, -0.05) is 13.3 Å². The summed E-state index contributed by atoms with van der Waals surface area (Å²) in [6.07, 6.45) is 16.4. The van der Waals surface area contributed by atoms with Crippen molar-refractivity contribution >= 4 is 11.8 Å². The van der Waals surface area contributed by atoms with Gasteiger partial charge in [-0.05, 0) is 129 Å². The molecule has 4 aromatic rings. The van der Waals surface area contributed by atoms with E-state index >= 15 is 0 Å². The van der Waals surface area contributed by atoms with Gasteiger partial charge in [-0.2, -0.15) is 0 Å². The van der Waals surface area contributed by atoms with Crippen molar-refractivity contribution in [2.75, 3.05) is 13.1 Å². The van der Waals surface area contributed by atoms with Crippen LogP contribution in [0.15, 0.2) is 73.3 Å². The maximum Gasteiger partial charge on any atom is 0.220 e. The molecule has 0 aliphatic carbocycles. The third kappa shape index (κ3) is 11.9. The summed E-state index contributed by atoms with van der Waals surface area (Å²) in [5.74, 6) is 0.00754. The number of carbonyl (C=O) groups is 2. The Morgan fingerprint density at radius 1 is 0.556 bits per heavy atom. The number of rotatable bonds is 18. The van der Waals surface area contributed by atoms with Gasteiger partial charge in [0.1, 0.15) is 0 Å². The Balaban J connectivity index is 1.03. The van der Waals surface area contributed by atoms with Crippen molar-refractivity contribution in [1.29, 1.82) is 0 Å². The van der Waals surface area contributed by atoms with Crippen LogP contribution in [0, 0.1) is 6.92 Å². The fourth-order valence-corrected chi connectivity index (χ4v) is 5.22. The Kier molecular flexibility index (Phi) is 13.6. The number of aromatic nitrogens is 4. The van der Waals surface area contributed by atoms with Gasteiger partial charge >= 0.3 is 0 Å². The topological polar surface area (TPSA) is 110 Å². The molecule has 8 nitrogen and oxygen atoms in total. The van der Waals surface area contributed by atoms with Crippen LogP contribution in [0.5, 0.6) is 0 Å². The quantitative estimate of drug-likeness (QED) is 0.123. The molecule has 0 aliphatic heterocycles. The lowest BCUT2D eigenvalue weighted by Gasteiger charge is -2.08. The highest BCUT2D eigenvalue weighted by Gasteiger charge is 2.07. The molecule has 0 unspecified atom stereocenters. The summed E-state index contributed by atoms with van der Waals surface area (Å²) in [5, 5.41) is 5.97. The van der Waals surface area contributed by atoms with Crippen molar-refractivity contribution in [1.82, 2.24) is 30.6 Å². The second kappa shape index (κ2) is 18.4. The number of unbranched alkanes of at least 4 members (excludes halogenated alkanes) is 2. The van der Waals surface area contributed by atoms with Crippen LogP contribution in [-0.2, 0) is 28.9 Å². The Morgan fingerprint density at radius 3 is 1.42 bits per heavy atom. The fourth-order valence-electron chi connectivity index (χ4n) is 5.22. The van der Waals surface area contributed by atoms with Crippen LogP contribution in [0.1, 0.15) is 80.5 Å². The zero-order valence-corrected chi connectivity index (χ0v) is 26.7. The molecule has 4 rings (SSSR count). The number of pyridine rings is 4. The monoisotopic (exact) mass is 606 g/mol. The average Bonchev–Trinajstić information content (AvgIpc) is 3.05. The predicted octanol–water partition coefficient (Wildman–Crippen LogP) is 6.61. The molecule has 0 saturated heterocycles. The van der Waals surface area contributed by atoms with E-state index in [1.54, 1.807) is 0 Å². The number of hydrogen-bond acceptors (Lipinski definition) is 6. The van der Waals surface area contributed by atoms with Crippen molar-refractivity contribution in [2.24, 2.45) is 0 Å².